The van der Waals surface area contributed by atoms with E-state index in [4.69, 9.17) is 0 Å². The van der Waals surface area contributed by atoms with Crippen molar-refractivity contribution < 1.29 is 14.7 Å². The van der Waals surface area contributed by atoms with Crippen LogP contribution in [0.25, 0.3) is 0 Å². The second-order valence-electron chi connectivity index (χ2n) is 6.15. The van der Waals surface area contributed by atoms with Gasteiger partial charge in [-0.2, -0.15) is 0 Å². The second kappa shape index (κ2) is 5.73. The number of aliphatic carboxylic acids is 1. The zero-order chi connectivity index (χ0) is 14.0. The lowest BCUT2D eigenvalue weighted by Crippen LogP contribution is -2.48. The average molecular weight is 285 g/mol. The first kappa shape index (κ1) is 14.7. The highest BCUT2D eigenvalue weighted by molar-refractivity contribution is 8.00. The number of carbonyl (C=O) groups excluding carboxylic acids is 1. The third-order valence-electron chi connectivity index (χ3n) is 4.51. The number of rotatable bonds is 3. The molecular weight excluding hydrogens is 262 g/mol. The third-order valence-corrected chi connectivity index (χ3v) is 5.87. The number of hydrogen-bond acceptors (Lipinski definition) is 3. The fourth-order valence-corrected chi connectivity index (χ4v) is 4.16. The molecule has 0 aromatic heterocycles. The van der Waals surface area contributed by atoms with Gasteiger partial charge in [0.05, 0.1) is 10.7 Å². The van der Waals surface area contributed by atoms with Crippen LogP contribution in [0.3, 0.4) is 0 Å². The third kappa shape index (κ3) is 3.07. The van der Waals surface area contributed by atoms with Gasteiger partial charge in [0.25, 0.3) is 0 Å². The SMILES string of the molecule is CC(C)(C(=O)O)C1CCCN(C(=O)C2CCCS2)C1. The van der Waals surface area contributed by atoms with Crippen molar-refractivity contribution in [2.45, 2.75) is 44.8 Å². The van der Waals surface area contributed by atoms with Crippen LogP contribution in [0.1, 0.15) is 39.5 Å². The molecule has 4 nitrogen and oxygen atoms in total. The zero-order valence-corrected chi connectivity index (χ0v) is 12.5. The Morgan fingerprint density at radius 3 is 2.58 bits per heavy atom. The first-order chi connectivity index (χ1) is 8.93. The van der Waals surface area contributed by atoms with Crippen LogP contribution >= 0.6 is 11.8 Å². The molecule has 5 heteroatoms. The van der Waals surface area contributed by atoms with Gasteiger partial charge in [0, 0.05) is 13.1 Å². The molecule has 1 N–H and O–H groups in total. The number of carbonyl (C=O) groups is 2. The van der Waals surface area contributed by atoms with E-state index in [1.54, 1.807) is 25.6 Å². The normalized spacial score (nSPS) is 28.4. The Kier molecular flexibility index (Phi) is 4.43. The largest absolute Gasteiger partial charge is 0.481 e. The molecule has 0 radical (unpaired) electrons. The standard InChI is InChI=1S/C14H23NO3S/c1-14(2,13(17)18)10-5-3-7-15(9-10)12(16)11-6-4-8-19-11/h10-11H,3-9H2,1-2H3,(H,17,18). The number of thioether (sulfide) groups is 1. The van der Waals surface area contributed by atoms with Crippen molar-refractivity contribution in [3.05, 3.63) is 0 Å². The van der Waals surface area contributed by atoms with E-state index in [1.807, 2.05) is 4.90 Å². The lowest BCUT2D eigenvalue weighted by atomic mass is 9.74. The Morgan fingerprint density at radius 1 is 1.26 bits per heavy atom. The molecule has 0 spiro atoms. The zero-order valence-electron chi connectivity index (χ0n) is 11.7. The predicted octanol–water partition coefficient (Wildman–Crippen LogP) is 2.23. The van der Waals surface area contributed by atoms with Crippen LogP contribution in [0, 0.1) is 11.3 Å². The van der Waals surface area contributed by atoms with Crippen LogP contribution in [0.4, 0.5) is 0 Å². The van der Waals surface area contributed by atoms with E-state index in [9.17, 15) is 14.7 Å². The molecule has 108 valence electrons. The highest BCUT2D eigenvalue weighted by Gasteiger charge is 2.41. The van der Waals surface area contributed by atoms with Gasteiger partial charge in [-0.25, -0.2) is 0 Å². The van der Waals surface area contributed by atoms with Gasteiger partial charge < -0.3 is 10.0 Å². The maximum Gasteiger partial charge on any atom is 0.309 e. The molecule has 2 saturated heterocycles. The molecule has 19 heavy (non-hydrogen) atoms. The lowest BCUT2D eigenvalue weighted by Gasteiger charge is -2.40. The Hall–Kier alpha value is -0.710. The van der Waals surface area contributed by atoms with Crippen LogP contribution in [-0.4, -0.2) is 46.0 Å². The van der Waals surface area contributed by atoms with E-state index in [0.717, 1.165) is 38.0 Å². The Balaban J connectivity index is 2.00. The number of hydrogen-bond donors (Lipinski definition) is 1. The average Bonchev–Trinajstić information content (AvgIpc) is 2.91. The molecule has 0 aromatic carbocycles. The summed E-state index contributed by atoms with van der Waals surface area (Å²) in [6.45, 7) is 4.95. The van der Waals surface area contributed by atoms with Gasteiger partial charge in [0.2, 0.25) is 5.91 Å². The quantitative estimate of drug-likeness (QED) is 0.864. The van der Waals surface area contributed by atoms with Crippen molar-refractivity contribution in [1.82, 2.24) is 4.90 Å². The fourth-order valence-electron chi connectivity index (χ4n) is 2.92. The number of amides is 1. The Labute approximate surface area is 118 Å². The van der Waals surface area contributed by atoms with Crippen LogP contribution in [0.2, 0.25) is 0 Å². The summed E-state index contributed by atoms with van der Waals surface area (Å²) in [5.74, 6) is 0.610. The highest BCUT2D eigenvalue weighted by atomic mass is 32.2. The van der Waals surface area contributed by atoms with Gasteiger partial charge in [0.1, 0.15) is 0 Å². The number of likely N-dealkylation sites (tertiary alicyclic amines) is 1. The summed E-state index contributed by atoms with van der Waals surface area (Å²) in [4.78, 5) is 25.7. The minimum atomic E-state index is -0.762. The Morgan fingerprint density at radius 2 is 2.00 bits per heavy atom. The molecule has 2 heterocycles. The fraction of sp³-hybridized carbons (Fsp3) is 0.857. The van der Waals surface area contributed by atoms with Crippen molar-refractivity contribution in [3.8, 4) is 0 Å². The molecule has 2 rings (SSSR count). The number of carboxylic acids is 1. The van der Waals surface area contributed by atoms with Crippen LogP contribution < -0.4 is 0 Å². The molecular formula is C14H23NO3S. The molecule has 2 fully saturated rings. The molecule has 2 unspecified atom stereocenters. The number of carboxylic acid groups (broad SMARTS) is 1. The van der Waals surface area contributed by atoms with E-state index in [2.05, 4.69) is 0 Å². The Bertz CT molecular complexity index is 364. The minimum Gasteiger partial charge on any atom is -0.481 e. The summed E-state index contributed by atoms with van der Waals surface area (Å²) in [7, 11) is 0. The monoisotopic (exact) mass is 285 g/mol. The molecule has 1 amide bonds. The molecule has 0 aliphatic carbocycles. The van der Waals surface area contributed by atoms with Crippen molar-refractivity contribution in [2.75, 3.05) is 18.8 Å². The van der Waals surface area contributed by atoms with Crippen molar-refractivity contribution >= 4 is 23.6 Å². The van der Waals surface area contributed by atoms with E-state index < -0.39 is 11.4 Å². The molecule has 2 aliphatic rings. The first-order valence-electron chi connectivity index (χ1n) is 7.06. The van der Waals surface area contributed by atoms with E-state index in [0.29, 0.717) is 6.54 Å². The smallest absolute Gasteiger partial charge is 0.309 e. The van der Waals surface area contributed by atoms with E-state index in [1.165, 1.54) is 0 Å². The van der Waals surface area contributed by atoms with Gasteiger partial charge in [-0.15, -0.1) is 11.8 Å². The van der Waals surface area contributed by atoms with Gasteiger partial charge >= 0.3 is 5.97 Å². The maximum atomic E-state index is 12.4. The van der Waals surface area contributed by atoms with Crippen molar-refractivity contribution in [1.29, 1.82) is 0 Å². The van der Waals surface area contributed by atoms with Crippen LogP contribution in [0.5, 0.6) is 0 Å². The molecule has 0 aromatic rings. The molecule has 2 aliphatic heterocycles. The summed E-state index contributed by atoms with van der Waals surface area (Å²) in [6, 6.07) is 0. The summed E-state index contributed by atoms with van der Waals surface area (Å²) in [6.07, 6.45) is 3.93. The van der Waals surface area contributed by atoms with Gasteiger partial charge in [-0.1, -0.05) is 0 Å². The lowest BCUT2D eigenvalue weighted by molar-refractivity contribution is -0.153. The summed E-state index contributed by atoms with van der Waals surface area (Å²) in [5.41, 5.74) is -0.748. The van der Waals surface area contributed by atoms with E-state index in [-0.39, 0.29) is 17.1 Å². The topological polar surface area (TPSA) is 57.6 Å². The summed E-state index contributed by atoms with van der Waals surface area (Å²) < 4.78 is 0. The highest BCUT2D eigenvalue weighted by Crippen LogP contribution is 2.36. The summed E-state index contributed by atoms with van der Waals surface area (Å²) >= 11 is 1.75. The van der Waals surface area contributed by atoms with Crippen molar-refractivity contribution in [3.63, 3.8) is 0 Å². The van der Waals surface area contributed by atoms with Gasteiger partial charge in [-0.3, -0.25) is 9.59 Å². The first-order valence-corrected chi connectivity index (χ1v) is 8.11. The van der Waals surface area contributed by atoms with Crippen LogP contribution in [-0.2, 0) is 9.59 Å². The second-order valence-corrected chi connectivity index (χ2v) is 7.46. The molecule has 0 saturated carbocycles. The minimum absolute atomic E-state index is 0.0640. The van der Waals surface area contributed by atoms with E-state index >= 15 is 0 Å². The molecule has 0 bridgehead atoms. The summed E-state index contributed by atoms with van der Waals surface area (Å²) in [5, 5.41) is 9.44. The van der Waals surface area contributed by atoms with Crippen molar-refractivity contribution in [2.24, 2.45) is 11.3 Å². The van der Waals surface area contributed by atoms with Crippen LogP contribution in [0.15, 0.2) is 0 Å². The van der Waals surface area contributed by atoms with Gasteiger partial charge in [0.15, 0.2) is 0 Å². The molecule has 2 atom stereocenters. The van der Waals surface area contributed by atoms with Gasteiger partial charge in [-0.05, 0) is 51.2 Å². The maximum absolute atomic E-state index is 12.4. The number of nitrogens with zero attached hydrogens (tertiary/aromatic N) is 1. The predicted molar refractivity (Wildman–Crippen MR) is 76.2 cm³/mol. The number of piperidine rings is 1.